The van der Waals surface area contributed by atoms with Crippen LogP contribution in [0.5, 0.6) is 11.5 Å². The van der Waals surface area contributed by atoms with Crippen molar-refractivity contribution in [1.82, 2.24) is 0 Å². The Morgan fingerprint density at radius 3 is 2.68 bits per heavy atom. The van der Waals surface area contributed by atoms with E-state index in [2.05, 4.69) is 0 Å². The number of hydrogen-bond acceptors (Lipinski definition) is 5. The van der Waals surface area contributed by atoms with Gasteiger partial charge in [0.1, 0.15) is 0 Å². The van der Waals surface area contributed by atoms with Gasteiger partial charge in [0.15, 0.2) is 17.8 Å². The van der Waals surface area contributed by atoms with Crippen LogP contribution < -0.4 is 4.74 Å². The van der Waals surface area contributed by atoms with Gasteiger partial charge in [0.2, 0.25) is 0 Å². The second-order valence-electron chi connectivity index (χ2n) is 4.95. The molecule has 0 bridgehead atoms. The molecule has 5 nitrogen and oxygen atoms in total. The third-order valence-electron chi connectivity index (χ3n) is 3.97. The number of rotatable bonds is 3. The number of phenols is 1. The number of phenolic OH excluding ortho intramolecular Hbond substituents is 1. The molecule has 2 heterocycles. The first-order valence-corrected chi connectivity index (χ1v) is 6.37. The SMILES string of the molecule is COc1cc(C2OCC3C(OC)OCC23)ccc1O. The van der Waals surface area contributed by atoms with Crippen LogP contribution in [0.25, 0.3) is 0 Å². The molecule has 0 aliphatic carbocycles. The first-order valence-electron chi connectivity index (χ1n) is 6.37. The third kappa shape index (κ3) is 2.08. The van der Waals surface area contributed by atoms with E-state index in [0.717, 1.165) is 5.56 Å². The predicted molar refractivity (Wildman–Crippen MR) is 67.1 cm³/mol. The minimum atomic E-state index is -0.172. The maximum Gasteiger partial charge on any atom is 0.162 e. The summed E-state index contributed by atoms with van der Waals surface area (Å²) >= 11 is 0. The molecule has 1 aromatic rings. The Morgan fingerprint density at radius 1 is 1.16 bits per heavy atom. The van der Waals surface area contributed by atoms with Crippen molar-refractivity contribution in [3.8, 4) is 11.5 Å². The molecule has 0 aromatic heterocycles. The molecular formula is C14H18O5. The Balaban J connectivity index is 1.84. The summed E-state index contributed by atoms with van der Waals surface area (Å²) in [6.45, 7) is 1.27. The van der Waals surface area contributed by atoms with Gasteiger partial charge in [-0.2, -0.15) is 0 Å². The number of hydrogen-bond donors (Lipinski definition) is 1. The average molecular weight is 266 g/mol. The molecule has 5 heteroatoms. The number of aromatic hydroxyl groups is 1. The van der Waals surface area contributed by atoms with Crippen LogP contribution in [-0.4, -0.2) is 38.8 Å². The number of ether oxygens (including phenoxy) is 4. The highest BCUT2D eigenvalue weighted by molar-refractivity contribution is 5.42. The number of benzene rings is 1. The quantitative estimate of drug-likeness (QED) is 0.902. The van der Waals surface area contributed by atoms with Gasteiger partial charge in [-0.1, -0.05) is 6.07 Å². The van der Waals surface area contributed by atoms with Gasteiger partial charge in [-0.05, 0) is 17.7 Å². The van der Waals surface area contributed by atoms with Crippen molar-refractivity contribution < 1.29 is 24.1 Å². The van der Waals surface area contributed by atoms with E-state index in [9.17, 15) is 5.11 Å². The molecule has 4 atom stereocenters. The van der Waals surface area contributed by atoms with Crippen molar-refractivity contribution in [3.05, 3.63) is 23.8 Å². The molecule has 0 amide bonds. The Kier molecular flexibility index (Phi) is 3.35. The highest BCUT2D eigenvalue weighted by Crippen LogP contribution is 2.46. The van der Waals surface area contributed by atoms with Crippen LogP contribution >= 0.6 is 0 Å². The van der Waals surface area contributed by atoms with E-state index in [1.807, 2.05) is 12.1 Å². The van der Waals surface area contributed by atoms with Crippen molar-refractivity contribution in [3.63, 3.8) is 0 Å². The molecule has 104 valence electrons. The molecular weight excluding hydrogens is 248 g/mol. The highest BCUT2D eigenvalue weighted by atomic mass is 16.7. The normalized spacial score (nSPS) is 33.4. The van der Waals surface area contributed by atoms with E-state index >= 15 is 0 Å². The molecule has 1 aromatic carbocycles. The van der Waals surface area contributed by atoms with Gasteiger partial charge in [0.05, 0.1) is 26.4 Å². The topological polar surface area (TPSA) is 57.2 Å². The second kappa shape index (κ2) is 5.00. The van der Waals surface area contributed by atoms with Crippen LogP contribution in [0.2, 0.25) is 0 Å². The standard InChI is InChI=1S/C14H18O5/c1-16-12-5-8(3-4-11(12)15)13-9-6-19-14(17-2)10(9)7-18-13/h3-5,9-10,13-15H,6-7H2,1-2H3. The van der Waals surface area contributed by atoms with Gasteiger partial charge in [0, 0.05) is 18.9 Å². The van der Waals surface area contributed by atoms with Crippen LogP contribution in [0.15, 0.2) is 18.2 Å². The molecule has 0 radical (unpaired) electrons. The fourth-order valence-corrected chi connectivity index (χ4v) is 2.96. The minimum Gasteiger partial charge on any atom is -0.504 e. The fraction of sp³-hybridized carbons (Fsp3) is 0.571. The van der Waals surface area contributed by atoms with Crippen LogP contribution in [0.4, 0.5) is 0 Å². The van der Waals surface area contributed by atoms with Crippen molar-refractivity contribution in [2.75, 3.05) is 27.4 Å². The second-order valence-corrected chi connectivity index (χ2v) is 4.95. The average Bonchev–Trinajstić information content (AvgIpc) is 3.00. The molecule has 2 aliphatic rings. The van der Waals surface area contributed by atoms with Crippen LogP contribution in [0.1, 0.15) is 11.7 Å². The van der Waals surface area contributed by atoms with E-state index in [4.69, 9.17) is 18.9 Å². The van der Waals surface area contributed by atoms with Gasteiger partial charge in [-0.15, -0.1) is 0 Å². The zero-order valence-corrected chi connectivity index (χ0v) is 11.0. The van der Waals surface area contributed by atoms with Crippen molar-refractivity contribution in [2.45, 2.75) is 12.4 Å². The van der Waals surface area contributed by atoms with Crippen molar-refractivity contribution >= 4 is 0 Å². The molecule has 0 spiro atoms. The molecule has 4 unspecified atom stereocenters. The molecule has 1 N–H and O–H groups in total. The zero-order valence-electron chi connectivity index (χ0n) is 11.0. The molecule has 2 fully saturated rings. The summed E-state index contributed by atoms with van der Waals surface area (Å²) in [7, 11) is 3.20. The summed E-state index contributed by atoms with van der Waals surface area (Å²) < 4.78 is 21.9. The molecule has 2 aliphatic heterocycles. The Bertz CT molecular complexity index is 461. The molecule has 19 heavy (non-hydrogen) atoms. The lowest BCUT2D eigenvalue weighted by molar-refractivity contribution is -0.120. The summed E-state index contributed by atoms with van der Waals surface area (Å²) in [5.74, 6) is 1.17. The largest absolute Gasteiger partial charge is 0.504 e. The molecule has 2 saturated heterocycles. The molecule has 3 rings (SSSR count). The van der Waals surface area contributed by atoms with Gasteiger partial charge in [-0.25, -0.2) is 0 Å². The Morgan fingerprint density at radius 2 is 1.95 bits per heavy atom. The summed E-state index contributed by atoms with van der Waals surface area (Å²) in [6, 6.07) is 5.32. The first-order chi connectivity index (χ1) is 9.24. The number of methoxy groups -OCH3 is 2. The van der Waals surface area contributed by atoms with E-state index in [-0.39, 0.29) is 24.1 Å². The summed E-state index contributed by atoms with van der Waals surface area (Å²) in [5, 5.41) is 9.63. The van der Waals surface area contributed by atoms with Crippen molar-refractivity contribution in [1.29, 1.82) is 0 Å². The van der Waals surface area contributed by atoms with Crippen LogP contribution in [-0.2, 0) is 14.2 Å². The van der Waals surface area contributed by atoms with Gasteiger partial charge in [-0.3, -0.25) is 0 Å². The maximum atomic E-state index is 9.63. The molecule has 0 saturated carbocycles. The lowest BCUT2D eigenvalue weighted by Crippen LogP contribution is -2.21. The monoisotopic (exact) mass is 266 g/mol. The summed E-state index contributed by atoms with van der Waals surface area (Å²) in [4.78, 5) is 0. The Labute approximate surface area is 112 Å². The fourth-order valence-electron chi connectivity index (χ4n) is 2.96. The van der Waals surface area contributed by atoms with Gasteiger partial charge >= 0.3 is 0 Å². The predicted octanol–water partition coefficient (Wildman–Crippen LogP) is 1.71. The van der Waals surface area contributed by atoms with Gasteiger partial charge < -0.3 is 24.1 Å². The highest BCUT2D eigenvalue weighted by Gasteiger charge is 2.47. The van der Waals surface area contributed by atoms with E-state index in [0.29, 0.717) is 24.9 Å². The summed E-state index contributed by atoms with van der Waals surface area (Å²) in [6.07, 6.45) is -0.200. The maximum absolute atomic E-state index is 9.63. The van der Waals surface area contributed by atoms with Gasteiger partial charge in [0.25, 0.3) is 0 Å². The first kappa shape index (κ1) is 12.7. The Hall–Kier alpha value is -1.30. The smallest absolute Gasteiger partial charge is 0.162 e. The van der Waals surface area contributed by atoms with Crippen molar-refractivity contribution in [2.24, 2.45) is 11.8 Å². The van der Waals surface area contributed by atoms with E-state index < -0.39 is 0 Å². The van der Waals surface area contributed by atoms with E-state index in [1.165, 1.54) is 7.11 Å². The van der Waals surface area contributed by atoms with E-state index in [1.54, 1.807) is 13.2 Å². The minimum absolute atomic E-state index is 0.0281. The van der Waals surface area contributed by atoms with Crippen LogP contribution in [0.3, 0.4) is 0 Å². The lowest BCUT2D eigenvalue weighted by Gasteiger charge is -2.17. The lowest BCUT2D eigenvalue weighted by atomic mass is 9.89. The van der Waals surface area contributed by atoms with Crippen LogP contribution in [0, 0.1) is 11.8 Å². The number of fused-ring (bicyclic) bond motifs is 1. The third-order valence-corrected chi connectivity index (χ3v) is 3.97. The zero-order chi connectivity index (χ0) is 13.4. The summed E-state index contributed by atoms with van der Waals surface area (Å²) in [5.41, 5.74) is 1.00.